The molecule has 0 fully saturated rings. The van der Waals surface area contributed by atoms with Gasteiger partial charge in [0.25, 0.3) is 0 Å². The van der Waals surface area contributed by atoms with Gasteiger partial charge in [-0.05, 0) is 42.2 Å². The second-order valence-corrected chi connectivity index (χ2v) is 5.54. The summed E-state index contributed by atoms with van der Waals surface area (Å²) in [5, 5.41) is 5.54. The van der Waals surface area contributed by atoms with Crippen LogP contribution in [0.5, 0.6) is 0 Å². The fraction of sp³-hybridized carbons (Fsp3) is 0.188. The minimum absolute atomic E-state index is 0.0114. The summed E-state index contributed by atoms with van der Waals surface area (Å²) in [6.07, 6.45) is 3.66. The van der Waals surface area contributed by atoms with Gasteiger partial charge in [0.05, 0.1) is 5.41 Å². The number of fused-ring (bicyclic) bond motifs is 3. The normalized spacial score (nSPS) is 21.8. The van der Waals surface area contributed by atoms with Crippen LogP contribution in [0.1, 0.15) is 16.7 Å². The average molecular weight is 279 g/mol. The van der Waals surface area contributed by atoms with Crippen LogP contribution in [-0.2, 0) is 27.8 Å². The van der Waals surface area contributed by atoms with Crippen molar-refractivity contribution in [2.24, 2.45) is 0 Å². The van der Waals surface area contributed by atoms with Gasteiger partial charge in [0.2, 0.25) is 12.3 Å². The summed E-state index contributed by atoms with van der Waals surface area (Å²) >= 11 is 0. The predicted molar refractivity (Wildman–Crippen MR) is 78.1 cm³/mol. The first-order chi connectivity index (χ1) is 10.2. The van der Waals surface area contributed by atoms with Gasteiger partial charge in [-0.15, -0.1) is 0 Å². The third-order valence-electron chi connectivity index (χ3n) is 4.41. The van der Waals surface area contributed by atoms with Crippen molar-refractivity contribution in [2.45, 2.75) is 18.3 Å². The zero-order valence-corrected chi connectivity index (χ0v) is 11.2. The lowest BCUT2D eigenvalue weighted by Gasteiger charge is -2.20. The highest BCUT2D eigenvalue weighted by atomic mass is 16.2. The molecule has 104 valence electrons. The Balaban J connectivity index is 1.79. The number of rotatable bonds is 2. The second kappa shape index (κ2) is 4.15. The van der Waals surface area contributed by atoms with Gasteiger partial charge in [-0.1, -0.05) is 12.1 Å². The van der Waals surface area contributed by atoms with Gasteiger partial charge >= 0.3 is 0 Å². The zero-order valence-electron chi connectivity index (χ0n) is 11.2. The monoisotopic (exact) mass is 279 g/mol. The molecule has 5 nitrogen and oxygen atoms in total. The molecule has 1 aliphatic carbocycles. The van der Waals surface area contributed by atoms with Crippen molar-refractivity contribution < 1.29 is 9.59 Å². The number of anilines is 2. The van der Waals surface area contributed by atoms with Crippen molar-refractivity contribution in [3.05, 3.63) is 53.2 Å². The number of amides is 2. The molecule has 1 aliphatic heterocycles. The van der Waals surface area contributed by atoms with E-state index in [0.717, 1.165) is 22.4 Å². The SMILES string of the molecule is O=CNc1ccc2c(c1)CC1(C2)C(=O)Nc2ncccc21. The topological polar surface area (TPSA) is 71.1 Å². The smallest absolute Gasteiger partial charge is 0.237 e. The summed E-state index contributed by atoms with van der Waals surface area (Å²) in [7, 11) is 0. The van der Waals surface area contributed by atoms with E-state index in [2.05, 4.69) is 15.6 Å². The number of hydrogen-bond acceptors (Lipinski definition) is 3. The van der Waals surface area contributed by atoms with E-state index in [9.17, 15) is 9.59 Å². The van der Waals surface area contributed by atoms with Crippen LogP contribution in [0.4, 0.5) is 11.5 Å². The summed E-state index contributed by atoms with van der Waals surface area (Å²) in [5.41, 5.74) is 3.43. The molecule has 5 heteroatoms. The molecule has 1 aromatic carbocycles. The molecule has 4 rings (SSSR count). The first-order valence-electron chi connectivity index (χ1n) is 6.82. The lowest BCUT2D eigenvalue weighted by atomic mass is 9.79. The maximum Gasteiger partial charge on any atom is 0.237 e. The molecule has 0 radical (unpaired) electrons. The Morgan fingerprint density at radius 1 is 1.24 bits per heavy atom. The van der Waals surface area contributed by atoms with E-state index in [0.29, 0.717) is 25.1 Å². The molecule has 1 unspecified atom stereocenters. The first-order valence-corrected chi connectivity index (χ1v) is 6.82. The Kier molecular flexibility index (Phi) is 2.39. The third-order valence-corrected chi connectivity index (χ3v) is 4.41. The highest BCUT2D eigenvalue weighted by Crippen LogP contribution is 2.46. The zero-order chi connectivity index (χ0) is 14.4. The van der Waals surface area contributed by atoms with E-state index in [-0.39, 0.29) is 5.91 Å². The van der Waals surface area contributed by atoms with Crippen molar-refractivity contribution in [3.63, 3.8) is 0 Å². The number of pyridine rings is 1. The number of carbonyl (C=O) groups is 2. The molecule has 0 saturated heterocycles. The average Bonchev–Trinajstić information content (AvgIpc) is 2.99. The van der Waals surface area contributed by atoms with Crippen LogP contribution >= 0.6 is 0 Å². The number of nitrogens with one attached hydrogen (secondary N) is 2. The molecule has 21 heavy (non-hydrogen) atoms. The summed E-state index contributed by atoms with van der Waals surface area (Å²) in [6.45, 7) is 0. The second-order valence-electron chi connectivity index (χ2n) is 5.54. The maximum absolute atomic E-state index is 12.5. The number of carbonyl (C=O) groups excluding carboxylic acids is 2. The van der Waals surface area contributed by atoms with Crippen molar-refractivity contribution in [1.82, 2.24) is 4.98 Å². The van der Waals surface area contributed by atoms with Crippen LogP contribution in [0.25, 0.3) is 0 Å². The summed E-state index contributed by atoms with van der Waals surface area (Å²) in [5.74, 6) is 0.679. The van der Waals surface area contributed by atoms with E-state index < -0.39 is 5.41 Å². The van der Waals surface area contributed by atoms with Crippen LogP contribution in [-0.4, -0.2) is 17.3 Å². The van der Waals surface area contributed by atoms with Crippen LogP contribution < -0.4 is 10.6 Å². The Hall–Kier alpha value is -2.69. The molecule has 0 saturated carbocycles. The van der Waals surface area contributed by atoms with E-state index in [4.69, 9.17) is 0 Å². The van der Waals surface area contributed by atoms with Crippen molar-refractivity contribution in [3.8, 4) is 0 Å². The number of hydrogen-bond donors (Lipinski definition) is 2. The van der Waals surface area contributed by atoms with Gasteiger partial charge in [0.15, 0.2) is 0 Å². The molecule has 0 bridgehead atoms. The van der Waals surface area contributed by atoms with E-state index in [1.165, 1.54) is 0 Å². The summed E-state index contributed by atoms with van der Waals surface area (Å²) in [6, 6.07) is 9.63. The first kappa shape index (κ1) is 12.1. The lowest BCUT2D eigenvalue weighted by molar-refractivity contribution is -0.120. The molecule has 1 spiro atoms. The molecule has 2 N–H and O–H groups in total. The van der Waals surface area contributed by atoms with Gasteiger partial charge < -0.3 is 10.6 Å². The molecule has 2 aliphatic rings. The standard InChI is InChI=1S/C16H13N3O2/c20-9-18-12-4-3-10-7-16(8-11(10)6-12)13-2-1-5-17-14(13)19-15(16)21/h1-6,9H,7-8H2,(H,18,20)(H,17,19,21). The Labute approximate surface area is 121 Å². The molecule has 1 aromatic heterocycles. The lowest BCUT2D eigenvalue weighted by Crippen LogP contribution is -2.35. The molecule has 2 aromatic rings. The Morgan fingerprint density at radius 2 is 2.10 bits per heavy atom. The Bertz CT molecular complexity index is 772. The highest BCUT2D eigenvalue weighted by Gasteiger charge is 2.50. The quantitative estimate of drug-likeness (QED) is 0.821. The van der Waals surface area contributed by atoms with E-state index in [1.807, 2.05) is 30.3 Å². The van der Waals surface area contributed by atoms with Gasteiger partial charge in [-0.25, -0.2) is 4.98 Å². The van der Waals surface area contributed by atoms with Crippen LogP contribution in [0.15, 0.2) is 36.5 Å². The summed E-state index contributed by atoms with van der Waals surface area (Å²) < 4.78 is 0. The van der Waals surface area contributed by atoms with Crippen molar-refractivity contribution in [2.75, 3.05) is 10.6 Å². The van der Waals surface area contributed by atoms with Crippen LogP contribution in [0.3, 0.4) is 0 Å². The molecular weight excluding hydrogens is 266 g/mol. The molecule has 2 heterocycles. The highest BCUT2D eigenvalue weighted by molar-refractivity contribution is 6.06. The molecule has 1 atom stereocenters. The van der Waals surface area contributed by atoms with E-state index >= 15 is 0 Å². The Morgan fingerprint density at radius 3 is 2.95 bits per heavy atom. The van der Waals surface area contributed by atoms with E-state index in [1.54, 1.807) is 6.20 Å². The predicted octanol–water partition coefficient (Wildman–Crippen LogP) is 1.64. The third kappa shape index (κ3) is 1.60. The largest absolute Gasteiger partial charge is 0.329 e. The van der Waals surface area contributed by atoms with Gasteiger partial charge in [0, 0.05) is 17.4 Å². The van der Waals surface area contributed by atoms with Gasteiger partial charge in [-0.3, -0.25) is 9.59 Å². The van der Waals surface area contributed by atoms with Crippen LogP contribution in [0.2, 0.25) is 0 Å². The van der Waals surface area contributed by atoms with Gasteiger partial charge in [-0.2, -0.15) is 0 Å². The van der Waals surface area contributed by atoms with Crippen LogP contribution in [0, 0.1) is 0 Å². The minimum Gasteiger partial charge on any atom is -0.329 e. The van der Waals surface area contributed by atoms with Crippen molar-refractivity contribution in [1.29, 1.82) is 0 Å². The molecule has 2 amide bonds. The maximum atomic E-state index is 12.5. The minimum atomic E-state index is -0.550. The van der Waals surface area contributed by atoms with Gasteiger partial charge in [0.1, 0.15) is 5.82 Å². The number of nitrogens with zero attached hydrogens (tertiary/aromatic N) is 1. The fourth-order valence-corrected chi connectivity index (χ4v) is 3.43. The number of benzene rings is 1. The molecular formula is C16H13N3O2. The van der Waals surface area contributed by atoms with Crippen molar-refractivity contribution >= 4 is 23.8 Å². The fourth-order valence-electron chi connectivity index (χ4n) is 3.43. The summed E-state index contributed by atoms with van der Waals surface area (Å²) in [4.78, 5) is 27.3. The number of aromatic nitrogens is 1.